The fraction of sp³-hybridized carbons (Fsp3) is 0.333. The molecule has 0 radical (unpaired) electrons. The summed E-state index contributed by atoms with van der Waals surface area (Å²) in [5.41, 5.74) is 3.66. The molecule has 0 bridgehead atoms. The van der Waals surface area contributed by atoms with Gasteiger partial charge in [0.15, 0.2) is 5.43 Å². The van der Waals surface area contributed by atoms with Crippen molar-refractivity contribution in [2.75, 3.05) is 5.32 Å². The largest absolute Gasteiger partial charge is 0.344 e. The van der Waals surface area contributed by atoms with E-state index in [0.29, 0.717) is 27.9 Å². The molecule has 4 rings (SSSR count). The molecule has 2 aromatic carbocycles. The van der Waals surface area contributed by atoms with E-state index in [1.165, 1.54) is 19.3 Å². The number of nitrogens with one attached hydrogen (secondary N) is 1. The van der Waals surface area contributed by atoms with E-state index in [9.17, 15) is 9.59 Å². The quantitative estimate of drug-likeness (QED) is 0.476. The number of aromatic nitrogens is 1. The van der Waals surface area contributed by atoms with Gasteiger partial charge in [0.2, 0.25) is 0 Å². The van der Waals surface area contributed by atoms with Gasteiger partial charge in [0.25, 0.3) is 5.91 Å². The number of aryl methyl sites for hydroxylation is 2. The number of nitrogens with zero attached hydrogens (tertiary/aromatic N) is 1. The summed E-state index contributed by atoms with van der Waals surface area (Å²) in [5.74, 6) is 0.120. The Morgan fingerprint density at radius 2 is 1.72 bits per heavy atom. The van der Waals surface area contributed by atoms with Crippen LogP contribution < -0.4 is 10.7 Å². The summed E-state index contributed by atoms with van der Waals surface area (Å²) in [7, 11) is 0. The summed E-state index contributed by atoms with van der Waals surface area (Å²) < 4.78 is 2.13. The van der Waals surface area contributed by atoms with Crippen LogP contribution in [0.5, 0.6) is 0 Å². The van der Waals surface area contributed by atoms with Gasteiger partial charge in [-0.25, -0.2) is 0 Å². The second-order valence-corrected chi connectivity index (χ2v) is 9.14. The van der Waals surface area contributed by atoms with Crippen molar-refractivity contribution < 1.29 is 4.79 Å². The Kier molecular flexibility index (Phi) is 6.80. The first-order chi connectivity index (χ1) is 15.5. The molecule has 0 spiro atoms. The van der Waals surface area contributed by atoms with Crippen LogP contribution in [0.3, 0.4) is 0 Å². The second kappa shape index (κ2) is 9.74. The number of carbonyl (C=O) groups is 1. The minimum atomic E-state index is -0.406. The number of hydrogen-bond acceptors (Lipinski definition) is 2. The van der Waals surface area contributed by atoms with E-state index in [1.807, 2.05) is 56.3 Å². The molecule has 4 nitrogen and oxygen atoms in total. The smallest absolute Gasteiger partial charge is 0.261 e. The summed E-state index contributed by atoms with van der Waals surface area (Å²) >= 11 is 6.59. The van der Waals surface area contributed by atoms with Crippen LogP contribution in [0.4, 0.5) is 5.69 Å². The lowest BCUT2D eigenvalue weighted by molar-refractivity contribution is 0.102. The number of para-hydroxylation sites is 1. The molecule has 1 N–H and O–H groups in total. The van der Waals surface area contributed by atoms with Crippen molar-refractivity contribution in [2.24, 2.45) is 5.92 Å². The van der Waals surface area contributed by atoms with Gasteiger partial charge in [-0.05, 0) is 50.3 Å². The molecule has 1 aromatic heterocycles. The summed E-state index contributed by atoms with van der Waals surface area (Å²) in [6.07, 6.45) is 6.07. The number of benzene rings is 2. The SMILES string of the molecule is Cc1ccccc1NC(=O)c1c(-c2ccccc2Cl)n(CC2CCCCC2)c(C)cc1=O. The van der Waals surface area contributed by atoms with Crippen molar-refractivity contribution in [3.05, 3.63) is 86.7 Å². The van der Waals surface area contributed by atoms with Crippen molar-refractivity contribution in [3.63, 3.8) is 0 Å². The Labute approximate surface area is 194 Å². The molecule has 1 saturated carbocycles. The molecule has 1 aliphatic rings. The van der Waals surface area contributed by atoms with Gasteiger partial charge in [-0.15, -0.1) is 0 Å². The number of hydrogen-bond donors (Lipinski definition) is 1. The first-order valence-corrected chi connectivity index (χ1v) is 11.7. The summed E-state index contributed by atoms with van der Waals surface area (Å²) in [6.45, 7) is 4.64. The molecule has 1 amide bonds. The minimum Gasteiger partial charge on any atom is -0.344 e. The Hall–Kier alpha value is -2.85. The third kappa shape index (κ3) is 4.66. The Morgan fingerprint density at radius 1 is 1.03 bits per heavy atom. The highest BCUT2D eigenvalue weighted by Crippen LogP contribution is 2.33. The monoisotopic (exact) mass is 448 g/mol. The van der Waals surface area contributed by atoms with Gasteiger partial charge in [-0.2, -0.15) is 0 Å². The van der Waals surface area contributed by atoms with Crippen molar-refractivity contribution in [3.8, 4) is 11.3 Å². The molecule has 1 aliphatic carbocycles. The van der Waals surface area contributed by atoms with Crippen LogP contribution in [0.15, 0.2) is 59.4 Å². The van der Waals surface area contributed by atoms with E-state index in [1.54, 1.807) is 12.1 Å². The molecule has 0 atom stereocenters. The Morgan fingerprint density at radius 3 is 2.44 bits per heavy atom. The average molecular weight is 449 g/mol. The van der Waals surface area contributed by atoms with E-state index in [-0.39, 0.29) is 11.0 Å². The predicted molar refractivity (Wildman–Crippen MR) is 132 cm³/mol. The van der Waals surface area contributed by atoms with Gasteiger partial charge in [0.1, 0.15) is 5.56 Å². The van der Waals surface area contributed by atoms with Crippen LogP contribution in [0.1, 0.15) is 53.7 Å². The van der Waals surface area contributed by atoms with E-state index in [4.69, 9.17) is 11.6 Å². The van der Waals surface area contributed by atoms with Gasteiger partial charge >= 0.3 is 0 Å². The lowest BCUT2D eigenvalue weighted by atomic mass is 9.88. The highest BCUT2D eigenvalue weighted by molar-refractivity contribution is 6.33. The lowest BCUT2D eigenvalue weighted by Gasteiger charge is -2.27. The molecule has 3 aromatic rings. The maximum Gasteiger partial charge on any atom is 0.261 e. The second-order valence-electron chi connectivity index (χ2n) is 8.74. The van der Waals surface area contributed by atoms with E-state index >= 15 is 0 Å². The van der Waals surface area contributed by atoms with E-state index in [2.05, 4.69) is 9.88 Å². The maximum absolute atomic E-state index is 13.5. The molecule has 0 aliphatic heterocycles. The van der Waals surface area contributed by atoms with Crippen molar-refractivity contribution in [1.29, 1.82) is 0 Å². The van der Waals surface area contributed by atoms with Gasteiger partial charge < -0.3 is 9.88 Å². The summed E-state index contributed by atoms with van der Waals surface area (Å²) in [5, 5.41) is 3.48. The molecular formula is C27H29ClN2O2. The Bertz CT molecular complexity index is 1190. The molecule has 0 unspecified atom stereocenters. The lowest BCUT2D eigenvalue weighted by Crippen LogP contribution is -2.28. The fourth-order valence-corrected chi connectivity index (χ4v) is 4.91. The normalized spacial score (nSPS) is 14.3. The van der Waals surface area contributed by atoms with E-state index < -0.39 is 5.91 Å². The number of anilines is 1. The number of carbonyl (C=O) groups excluding carboxylic acids is 1. The molecule has 1 fully saturated rings. The average Bonchev–Trinajstić information content (AvgIpc) is 2.78. The first kappa shape index (κ1) is 22.3. The summed E-state index contributed by atoms with van der Waals surface area (Å²) in [6, 6.07) is 16.6. The molecule has 5 heteroatoms. The minimum absolute atomic E-state index is 0.141. The zero-order valence-corrected chi connectivity index (χ0v) is 19.4. The van der Waals surface area contributed by atoms with Gasteiger partial charge in [0, 0.05) is 34.6 Å². The van der Waals surface area contributed by atoms with Gasteiger partial charge in [-0.1, -0.05) is 67.3 Å². The zero-order valence-electron chi connectivity index (χ0n) is 18.7. The Balaban J connectivity index is 1.87. The molecular weight excluding hydrogens is 420 g/mol. The van der Waals surface area contributed by atoms with Gasteiger partial charge in [0.05, 0.1) is 5.69 Å². The van der Waals surface area contributed by atoms with Crippen LogP contribution in [-0.2, 0) is 6.54 Å². The van der Waals surface area contributed by atoms with Gasteiger partial charge in [-0.3, -0.25) is 9.59 Å². The van der Waals surface area contributed by atoms with Crippen LogP contribution >= 0.6 is 11.6 Å². The van der Waals surface area contributed by atoms with Crippen molar-refractivity contribution >= 4 is 23.2 Å². The topological polar surface area (TPSA) is 51.1 Å². The highest BCUT2D eigenvalue weighted by atomic mass is 35.5. The molecule has 32 heavy (non-hydrogen) atoms. The molecule has 1 heterocycles. The van der Waals surface area contributed by atoms with Crippen LogP contribution in [0.25, 0.3) is 11.3 Å². The predicted octanol–water partition coefficient (Wildman–Crippen LogP) is 6.62. The van der Waals surface area contributed by atoms with Crippen LogP contribution in [-0.4, -0.2) is 10.5 Å². The molecule has 0 saturated heterocycles. The van der Waals surface area contributed by atoms with Crippen LogP contribution in [0.2, 0.25) is 5.02 Å². The summed E-state index contributed by atoms with van der Waals surface area (Å²) in [4.78, 5) is 26.7. The number of halogens is 1. The fourth-order valence-electron chi connectivity index (χ4n) is 4.68. The third-order valence-corrected chi connectivity index (χ3v) is 6.76. The third-order valence-electron chi connectivity index (χ3n) is 6.43. The number of amides is 1. The van der Waals surface area contributed by atoms with E-state index in [0.717, 1.165) is 30.6 Å². The first-order valence-electron chi connectivity index (χ1n) is 11.3. The standard InChI is InChI=1S/C27H29ClN2O2/c1-18-10-6-9-15-23(18)29-27(32)25-24(31)16-19(2)30(17-20-11-4-3-5-12-20)26(25)21-13-7-8-14-22(21)28/h6-10,13-16,20H,3-5,11-12,17H2,1-2H3,(H,29,32). The highest BCUT2D eigenvalue weighted by Gasteiger charge is 2.25. The zero-order chi connectivity index (χ0) is 22.7. The van der Waals surface area contributed by atoms with Crippen LogP contribution in [0, 0.1) is 19.8 Å². The number of pyridine rings is 1. The molecule has 166 valence electrons. The maximum atomic E-state index is 13.5. The number of rotatable bonds is 5. The van der Waals surface area contributed by atoms with Crippen molar-refractivity contribution in [1.82, 2.24) is 4.57 Å². The van der Waals surface area contributed by atoms with Crippen molar-refractivity contribution in [2.45, 2.75) is 52.5 Å².